The van der Waals surface area contributed by atoms with E-state index in [2.05, 4.69) is 15.9 Å². The first kappa shape index (κ1) is 20.5. The SMILES string of the molecule is COc1cc(/C=C/C(=O)c2ccc(O)cc2)cc(Br)c1OCC(=O)N(C)C. The highest BCUT2D eigenvalue weighted by Gasteiger charge is 2.14. The number of hydrogen-bond acceptors (Lipinski definition) is 5. The van der Waals surface area contributed by atoms with Gasteiger partial charge in [-0.3, -0.25) is 9.59 Å². The summed E-state index contributed by atoms with van der Waals surface area (Å²) in [5.41, 5.74) is 1.19. The van der Waals surface area contributed by atoms with Crippen molar-refractivity contribution in [1.29, 1.82) is 0 Å². The van der Waals surface area contributed by atoms with E-state index in [-0.39, 0.29) is 24.0 Å². The molecule has 27 heavy (non-hydrogen) atoms. The van der Waals surface area contributed by atoms with Crippen molar-refractivity contribution in [3.8, 4) is 17.2 Å². The van der Waals surface area contributed by atoms with E-state index in [9.17, 15) is 14.7 Å². The number of aromatic hydroxyl groups is 1. The van der Waals surface area contributed by atoms with Gasteiger partial charge in [0.2, 0.25) is 0 Å². The topological polar surface area (TPSA) is 76.1 Å². The number of halogens is 1. The minimum atomic E-state index is -0.193. The average molecular weight is 434 g/mol. The Balaban J connectivity index is 2.18. The monoisotopic (exact) mass is 433 g/mol. The molecule has 1 N–H and O–H groups in total. The third-order valence-corrected chi connectivity index (χ3v) is 4.26. The van der Waals surface area contributed by atoms with Gasteiger partial charge in [-0.2, -0.15) is 0 Å². The Morgan fingerprint density at radius 1 is 1.19 bits per heavy atom. The van der Waals surface area contributed by atoms with Crippen LogP contribution in [0.25, 0.3) is 6.08 Å². The van der Waals surface area contributed by atoms with Gasteiger partial charge in [-0.25, -0.2) is 0 Å². The second-order valence-corrected chi connectivity index (χ2v) is 6.71. The molecule has 0 atom stereocenters. The summed E-state index contributed by atoms with van der Waals surface area (Å²) >= 11 is 3.41. The fourth-order valence-electron chi connectivity index (χ4n) is 2.13. The van der Waals surface area contributed by atoms with Gasteiger partial charge in [-0.15, -0.1) is 0 Å². The molecule has 7 heteroatoms. The molecule has 2 rings (SSSR count). The smallest absolute Gasteiger partial charge is 0.259 e. The number of phenols is 1. The van der Waals surface area contributed by atoms with E-state index in [1.54, 1.807) is 44.4 Å². The molecular formula is C20H20BrNO5. The lowest BCUT2D eigenvalue weighted by atomic mass is 10.1. The van der Waals surface area contributed by atoms with Crippen LogP contribution in [0.3, 0.4) is 0 Å². The van der Waals surface area contributed by atoms with Gasteiger partial charge >= 0.3 is 0 Å². The molecule has 2 aromatic rings. The molecule has 0 saturated heterocycles. The number of carbonyl (C=O) groups is 2. The van der Waals surface area contributed by atoms with Gasteiger partial charge in [0.05, 0.1) is 11.6 Å². The highest BCUT2D eigenvalue weighted by molar-refractivity contribution is 9.10. The maximum absolute atomic E-state index is 12.2. The lowest BCUT2D eigenvalue weighted by Gasteiger charge is -2.15. The molecule has 0 aliphatic carbocycles. The molecule has 2 aromatic carbocycles. The first-order valence-electron chi connectivity index (χ1n) is 8.03. The molecule has 0 heterocycles. The number of likely N-dealkylation sites (N-methyl/N-ethyl adjacent to an activating group) is 1. The summed E-state index contributed by atoms with van der Waals surface area (Å²) in [6.07, 6.45) is 3.08. The minimum absolute atomic E-state index is 0.104. The van der Waals surface area contributed by atoms with Crippen LogP contribution in [0.2, 0.25) is 0 Å². The molecule has 0 unspecified atom stereocenters. The third-order valence-electron chi connectivity index (χ3n) is 3.67. The van der Waals surface area contributed by atoms with Gasteiger partial charge in [0.15, 0.2) is 23.9 Å². The van der Waals surface area contributed by atoms with Crippen LogP contribution in [0.5, 0.6) is 17.2 Å². The largest absolute Gasteiger partial charge is 0.508 e. The lowest BCUT2D eigenvalue weighted by molar-refractivity contribution is -0.130. The fraction of sp³-hybridized carbons (Fsp3) is 0.200. The molecule has 0 fully saturated rings. The lowest BCUT2D eigenvalue weighted by Crippen LogP contribution is -2.27. The Bertz CT molecular complexity index is 859. The Labute approximate surface area is 166 Å². The summed E-state index contributed by atoms with van der Waals surface area (Å²) < 4.78 is 11.5. The number of allylic oxidation sites excluding steroid dienone is 1. The van der Waals surface area contributed by atoms with Crippen LogP contribution in [0.15, 0.2) is 46.9 Å². The summed E-state index contributed by atoms with van der Waals surface area (Å²) in [5, 5.41) is 9.28. The molecule has 142 valence electrons. The van der Waals surface area contributed by atoms with Crippen molar-refractivity contribution in [1.82, 2.24) is 4.90 Å². The Morgan fingerprint density at radius 3 is 2.44 bits per heavy atom. The zero-order valence-electron chi connectivity index (χ0n) is 15.2. The summed E-state index contributed by atoms with van der Waals surface area (Å²) in [5.74, 6) is 0.587. The van der Waals surface area contributed by atoms with Crippen molar-refractivity contribution in [3.05, 3.63) is 58.1 Å². The van der Waals surface area contributed by atoms with Gasteiger partial charge in [-0.1, -0.05) is 6.08 Å². The normalized spacial score (nSPS) is 10.7. The van der Waals surface area contributed by atoms with Crippen LogP contribution in [-0.4, -0.2) is 49.5 Å². The maximum atomic E-state index is 12.2. The first-order chi connectivity index (χ1) is 12.8. The number of hydrogen-bond donors (Lipinski definition) is 1. The second kappa shape index (κ2) is 9.23. The Hall–Kier alpha value is -2.80. The van der Waals surface area contributed by atoms with E-state index in [1.807, 2.05) is 0 Å². The number of ether oxygens (including phenoxy) is 2. The van der Waals surface area contributed by atoms with E-state index >= 15 is 0 Å². The number of amides is 1. The van der Waals surface area contributed by atoms with Crippen LogP contribution in [0.4, 0.5) is 0 Å². The van der Waals surface area contributed by atoms with Gasteiger partial charge < -0.3 is 19.5 Å². The van der Waals surface area contributed by atoms with E-state index in [1.165, 1.54) is 30.2 Å². The highest BCUT2D eigenvalue weighted by Crippen LogP contribution is 2.37. The van der Waals surface area contributed by atoms with E-state index < -0.39 is 0 Å². The molecule has 0 aliphatic rings. The standard InChI is InChI=1S/C20H20BrNO5/c1-22(2)19(25)12-27-20-16(21)10-13(11-18(20)26-3)4-9-17(24)14-5-7-15(23)8-6-14/h4-11,23H,12H2,1-3H3/b9-4+. The summed E-state index contributed by atoms with van der Waals surface area (Å²) in [7, 11) is 4.80. The molecular weight excluding hydrogens is 414 g/mol. The second-order valence-electron chi connectivity index (χ2n) is 5.86. The van der Waals surface area contributed by atoms with Crippen molar-refractivity contribution in [2.45, 2.75) is 0 Å². The number of methoxy groups -OCH3 is 1. The molecule has 1 amide bonds. The van der Waals surface area contributed by atoms with Crippen LogP contribution in [-0.2, 0) is 4.79 Å². The van der Waals surface area contributed by atoms with Crippen LogP contribution in [0, 0.1) is 0 Å². The average Bonchev–Trinajstić information content (AvgIpc) is 2.64. The molecule has 0 bridgehead atoms. The highest BCUT2D eigenvalue weighted by atomic mass is 79.9. The number of rotatable bonds is 7. The summed E-state index contributed by atoms with van der Waals surface area (Å²) in [6.45, 7) is -0.115. The van der Waals surface area contributed by atoms with E-state index in [0.717, 1.165) is 5.56 Å². The first-order valence-corrected chi connectivity index (χ1v) is 8.83. The molecule has 0 saturated carbocycles. The molecule has 0 aromatic heterocycles. The molecule has 0 spiro atoms. The number of phenolic OH excluding ortho intramolecular Hbond substituents is 1. The summed E-state index contributed by atoms with van der Waals surface area (Å²) in [4.78, 5) is 25.3. The minimum Gasteiger partial charge on any atom is -0.508 e. The van der Waals surface area contributed by atoms with E-state index in [4.69, 9.17) is 9.47 Å². The number of benzene rings is 2. The number of ketones is 1. The van der Waals surface area contributed by atoms with Crippen molar-refractivity contribution in [2.75, 3.05) is 27.8 Å². The van der Waals surface area contributed by atoms with E-state index in [0.29, 0.717) is 21.5 Å². The maximum Gasteiger partial charge on any atom is 0.259 e. The number of nitrogens with zero attached hydrogens (tertiary/aromatic N) is 1. The molecule has 0 radical (unpaired) electrons. The van der Waals surface area contributed by atoms with Crippen molar-refractivity contribution >= 4 is 33.7 Å². The fourth-order valence-corrected chi connectivity index (χ4v) is 2.71. The van der Waals surface area contributed by atoms with Crippen molar-refractivity contribution in [2.24, 2.45) is 0 Å². The van der Waals surface area contributed by atoms with Crippen molar-refractivity contribution < 1.29 is 24.2 Å². The van der Waals surface area contributed by atoms with Gasteiger partial charge in [-0.05, 0) is 64.0 Å². The zero-order valence-corrected chi connectivity index (χ0v) is 16.8. The predicted molar refractivity (Wildman–Crippen MR) is 106 cm³/mol. The van der Waals surface area contributed by atoms with Crippen LogP contribution >= 0.6 is 15.9 Å². The van der Waals surface area contributed by atoms with Gasteiger partial charge in [0, 0.05) is 19.7 Å². The Kier molecular flexibility index (Phi) is 7.01. The number of carbonyl (C=O) groups excluding carboxylic acids is 2. The van der Waals surface area contributed by atoms with Gasteiger partial charge in [0.25, 0.3) is 5.91 Å². The molecule has 0 aliphatic heterocycles. The molecule has 6 nitrogen and oxygen atoms in total. The Morgan fingerprint density at radius 2 is 1.85 bits per heavy atom. The quantitative estimate of drug-likeness (QED) is 0.533. The third kappa shape index (κ3) is 5.59. The summed E-state index contributed by atoms with van der Waals surface area (Å²) in [6, 6.07) is 9.50. The zero-order chi connectivity index (χ0) is 20.0. The van der Waals surface area contributed by atoms with Gasteiger partial charge in [0.1, 0.15) is 5.75 Å². The van der Waals surface area contributed by atoms with Crippen molar-refractivity contribution in [3.63, 3.8) is 0 Å². The van der Waals surface area contributed by atoms with Crippen LogP contribution < -0.4 is 9.47 Å². The predicted octanol–water partition coefficient (Wildman–Crippen LogP) is 3.53. The van der Waals surface area contributed by atoms with Crippen LogP contribution in [0.1, 0.15) is 15.9 Å².